The number of tetrazole rings is 1. The summed E-state index contributed by atoms with van der Waals surface area (Å²) in [7, 11) is 1.74. The molecule has 0 aliphatic heterocycles. The topological polar surface area (TPSA) is 125 Å². The summed E-state index contributed by atoms with van der Waals surface area (Å²) in [6, 6.07) is 10.3. The third-order valence-corrected chi connectivity index (χ3v) is 5.04. The molecule has 0 N–H and O–H groups in total. The summed E-state index contributed by atoms with van der Waals surface area (Å²) in [6.45, 7) is 2.17. The molecule has 12 heteroatoms. The van der Waals surface area contributed by atoms with E-state index in [2.05, 4.69) is 31.6 Å². The summed E-state index contributed by atoms with van der Waals surface area (Å²) in [5, 5.41) is 20.4. The van der Waals surface area contributed by atoms with Crippen molar-refractivity contribution in [3.63, 3.8) is 0 Å². The van der Waals surface area contributed by atoms with Gasteiger partial charge in [0.25, 0.3) is 0 Å². The van der Waals surface area contributed by atoms with Crippen LogP contribution in [0.3, 0.4) is 0 Å². The molecule has 164 valence electrons. The Morgan fingerprint density at radius 1 is 1.15 bits per heavy atom. The number of aromatic nitrogens is 9. The number of halogens is 1. The quantitative estimate of drug-likeness (QED) is 0.391. The fourth-order valence-electron chi connectivity index (χ4n) is 3.47. The second-order valence-corrected chi connectivity index (χ2v) is 7.40. The van der Waals surface area contributed by atoms with Crippen LogP contribution in [0, 0.1) is 17.1 Å². The van der Waals surface area contributed by atoms with Crippen molar-refractivity contribution in [1.29, 1.82) is 5.26 Å². The van der Waals surface area contributed by atoms with Crippen molar-refractivity contribution in [3.05, 3.63) is 60.8 Å². The molecule has 33 heavy (non-hydrogen) atoms. The maximum Gasteiger partial charge on any atom is 0.176 e. The summed E-state index contributed by atoms with van der Waals surface area (Å²) in [4.78, 5) is 13.4. The molecule has 5 aromatic rings. The highest BCUT2D eigenvalue weighted by atomic mass is 19.1. The Hall–Kier alpha value is -4.66. The lowest BCUT2D eigenvalue weighted by atomic mass is 10.1. The van der Waals surface area contributed by atoms with Gasteiger partial charge >= 0.3 is 0 Å². The molecule has 1 aromatic carbocycles. The highest BCUT2D eigenvalue weighted by molar-refractivity contribution is 5.77. The molecule has 0 aliphatic rings. The predicted octanol–water partition coefficient (Wildman–Crippen LogP) is 2.29. The molecule has 0 radical (unpaired) electrons. The largest absolute Gasteiger partial charge is 0.486 e. The molecule has 0 aliphatic carbocycles. The van der Waals surface area contributed by atoms with Crippen LogP contribution in [0.1, 0.15) is 12.6 Å². The van der Waals surface area contributed by atoms with Gasteiger partial charge < -0.3 is 9.30 Å². The first-order valence-electron chi connectivity index (χ1n) is 9.96. The van der Waals surface area contributed by atoms with Gasteiger partial charge in [0.1, 0.15) is 30.3 Å². The molecule has 0 spiro atoms. The van der Waals surface area contributed by atoms with Crippen LogP contribution in [0.25, 0.3) is 28.2 Å². The van der Waals surface area contributed by atoms with Crippen molar-refractivity contribution in [3.8, 4) is 28.9 Å². The normalized spacial score (nSPS) is 12.1. The lowest BCUT2D eigenvalue weighted by Gasteiger charge is -2.15. The number of pyridine rings is 1. The summed E-state index contributed by atoms with van der Waals surface area (Å²) in [6.07, 6.45) is 4.23. The summed E-state index contributed by atoms with van der Waals surface area (Å²) in [5.41, 5.74) is 2.81. The van der Waals surface area contributed by atoms with Crippen molar-refractivity contribution in [1.82, 2.24) is 44.3 Å². The molecule has 5 rings (SSSR count). The van der Waals surface area contributed by atoms with E-state index in [0.29, 0.717) is 40.5 Å². The third kappa shape index (κ3) is 3.76. The van der Waals surface area contributed by atoms with E-state index in [1.807, 2.05) is 6.07 Å². The van der Waals surface area contributed by atoms with Gasteiger partial charge in [-0.2, -0.15) is 5.26 Å². The van der Waals surface area contributed by atoms with E-state index in [9.17, 15) is 9.65 Å². The fraction of sp³-hybridized carbons (Fsp3) is 0.190. The standard InChI is InChI=1S/C21H17FN10O/c1-13(9-31-12-26-28-29-31)33-19-7-14(3-4-15(19)22)16-5-6-17-20(27-16)32(11-24-17)21-18(8-23)30(2)10-25-21/h3-7,10-13H,9H2,1-2H3. The Kier molecular flexibility index (Phi) is 4.98. The lowest BCUT2D eigenvalue weighted by Crippen LogP contribution is -2.20. The first kappa shape index (κ1) is 20.3. The summed E-state index contributed by atoms with van der Waals surface area (Å²) < 4.78 is 25.0. The van der Waals surface area contributed by atoms with Gasteiger partial charge in [-0.25, -0.2) is 24.0 Å². The Morgan fingerprint density at radius 3 is 2.82 bits per heavy atom. The molecule has 11 nitrogen and oxygen atoms in total. The second kappa shape index (κ2) is 8.12. The monoisotopic (exact) mass is 444 g/mol. The molecule has 4 aromatic heterocycles. The maximum absolute atomic E-state index is 14.5. The smallest absolute Gasteiger partial charge is 0.176 e. The highest BCUT2D eigenvalue weighted by Gasteiger charge is 2.16. The number of hydrogen-bond donors (Lipinski definition) is 0. The van der Waals surface area contributed by atoms with Crippen LogP contribution >= 0.6 is 0 Å². The van der Waals surface area contributed by atoms with E-state index in [1.54, 1.807) is 54.0 Å². The summed E-state index contributed by atoms with van der Waals surface area (Å²) >= 11 is 0. The van der Waals surface area contributed by atoms with Gasteiger partial charge in [0.2, 0.25) is 0 Å². The molecular formula is C21H17FN10O. The Labute approximate surface area is 186 Å². The van der Waals surface area contributed by atoms with Gasteiger partial charge in [-0.3, -0.25) is 4.57 Å². The van der Waals surface area contributed by atoms with Gasteiger partial charge in [-0.05, 0) is 47.7 Å². The number of benzene rings is 1. The Morgan fingerprint density at radius 2 is 2.03 bits per heavy atom. The number of fused-ring (bicyclic) bond motifs is 1. The van der Waals surface area contributed by atoms with Gasteiger partial charge in [0, 0.05) is 12.6 Å². The fourth-order valence-corrected chi connectivity index (χ4v) is 3.47. The molecule has 0 saturated heterocycles. The number of nitrogens with zero attached hydrogens (tertiary/aromatic N) is 10. The first-order chi connectivity index (χ1) is 16.0. The van der Waals surface area contributed by atoms with Gasteiger partial charge in [-0.1, -0.05) is 0 Å². The minimum absolute atomic E-state index is 0.0972. The zero-order chi connectivity index (χ0) is 22.9. The Bertz CT molecular complexity index is 1480. The zero-order valence-electron chi connectivity index (χ0n) is 17.7. The zero-order valence-corrected chi connectivity index (χ0v) is 17.7. The van der Waals surface area contributed by atoms with Gasteiger partial charge in [0.05, 0.1) is 18.6 Å². The van der Waals surface area contributed by atoms with Crippen LogP contribution in [0.5, 0.6) is 5.75 Å². The molecular weight excluding hydrogens is 427 g/mol. The van der Waals surface area contributed by atoms with Crippen LogP contribution in [-0.4, -0.2) is 50.4 Å². The molecule has 4 heterocycles. The van der Waals surface area contributed by atoms with E-state index >= 15 is 0 Å². The van der Waals surface area contributed by atoms with E-state index in [-0.39, 0.29) is 11.9 Å². The number of ether oxygens (including phenoxy) is 1. The highest BCUT2D eigenvalue weighted by Crippen LogP contribution is 2.28. The van der Waals surface area contributed by atoms with Gasteiger partial charge in [-0.15, -0.1) is 5.10 Å². The summed E-state index contributed by atoms with van der Waals surface area (Å²) in [5.74, 6) is 0.0484. The number of hydrogen-bond acceptors (Lipinski definition) is 8. The number of aryl methyl sites for hydroxylation is 1. The van der Waals surface area contributed by atoms with Crippen molar-refractivity contribution in [2.45, 2.75) is 19.6 Å². The second-order valence-electron chi connectivity index (χ2n) is 7.40. The predicted molar refractivity (Wildman–Crippen MR) is 114 cm³/mol. The SMILES string of the molecule is CC(Cn1cnnn1)Oc1cc(-c2ccc3ncn(-c4ncn(C)c4C#N)c3n2)ccc1F. The first-order valence-corrected chi connectivity index (χ1v) is 9.96. The average Bonchev–Trinajstić information content (AvgIpc) is 3.54. The van der Waals surface area contributed by atoms with E-state index in [1.165, 1.54) is 17.1 Å². The molecule has 1 unspecified atom stereocenters. The van der Waals surface area contributed by atoms with Crippen molar-refractivity contribution in [2.24, 2.45) is 7.05 Å². The Balaban J connectivity index is 1.49. The van der Waals surface area contributed by atoms with E-state index in [4.69, 9.17) is 9.72 Å². The average molecular weight is 444 g/mol. The van der Waals surface area contributed by atoms with E-state index < -0.39 is 5.82 Å². The van der Waals surface area contributed by atoms with Crippen molar-refractivity contribution in [2.75, 3.05) is 0 Å². The van der Waals surface area contributed by atoms with Crippen molar-refractivity contribution >= 4 is 11.2 Å². The van der Waals surface area contributed by atoms with Crippen LogP contribution in [0.2, 0.25) is 0 Å². The maximum atomic E-state index is 14.5. The molecule has 0 bridgehead atoms. The van der Waals surface area contributed by atoms with Crippen LogP contribution in [0.15, 0.2) is 49.3 Å². The molecule has 1 atom stereocenters. The van der Waals surface area contributed by atoms with Crippen LogP contribution < -0.4 is 4.74 Å². The third-order valence-electron chi connectivity index (χ3n) is 5.04. The number of rotatable bonds is 6. The molecule has 0 fully saturated rings. The lowest BCUT2D eigenvalue weighted by molar-refractivity contribution is 0.185. The van der Waals surface area contributed by atoms with Crippen LogP contribution in [-0.2, 0) is 13.6 Å². The van der Waals surface area contributed by atoms with Crippen LogP contribution in [0.4, 0.5) is 4.39 Å². The van der Waals surface area contributed by atoms with Crippen molar-refractivity contribution < 1.29 is 9.13 Å². The van der Waals surface area contributed by atoms with Gasteiger partial charge in [0.15, 0.2) is 28.7 Å². The number of nitriles is 1. The minimum atomic E-state index is -0.486. The van der Waals surface area contributed by atoms with E-state index in [0.717, 1.165) is 0 Å². The minimum Gasteiger partial charge on any atom is -0.486 e. The molecule has 0 amide bonds. The molecule has 0 saturated carbocycles. The number of imidazole rings is 2.